The molecule has 0 aromatic heterocycles. The highest BCUT2D eigenvalue weighted by Crippen LogP contribution is 2.18. The molecule has 0 heterocycles. The van der Waals surface area contributed by atoms with Gasteiger partial charge < -0.3 is 5.32 Å². The maximum atomic E-state index is 4.05. The Morgan fingerprint density at radius 1 is 1.27 bits per heavy atom. The van der Waals surface area contributed by atoms with Gasteiger partial charge in [0.25, 0.3) is 0 Å². The lowest BCUT2D eigenvalue weighted by molar-refractivity contribution is 0.395. The summed E-state index contributed by atoms with van der Waals surface area (Å²) in [5.74, 6) is 0. The van der Waals surface area contributed by atoms with Crippen molar-refractivity contribution in [2.24, 2.45) is 0 Å². The Labute approximate surface area is 94.0 Å². The van der Waals surface area contributed by atoms with Crippen molar-refractivity contribution in [2.45, 2.75) is 51.5 Å². The molecule has 1 heteroatoms. The number of rotatable bonds is 5. The third-order valence-corrected chi connectivity index (χ3v) is 2.78. The number of hydrogen-bond acceptors (Lipinski definition) is 1. The molecule has 1 aliphatic rings. The van der Waals surface area contributed by atoms with Gasteiger partial charge in [-0.15, -0.1) is 0 Å². The first-order valence-electron chi connectivity index (χ1n) is 5.95. The largest absolute Gasteiger partial charge is 0.386 e. The van der Waals surface area contributed by atoms with Crippen molar-refractivity contribution >= 4 is 0 Å². The fraction of sp³-hybridized carbons (Fsp3) is 0.571. The number of hydrogen-bond donors (Lipinski definition) is 1. The van der Waals surface area contributed by atoms with E-state index >= 15 is 0 Å². The predicted octanol–water partition coefficient (Wildman–Crippen LogP) is 3.94. The van der Waals surface area contributed by atoms with E-state index in [0.717, 1.165) is 17.7 Å². The second-order valence-electron chi connectivity index (χ2n) is 4.54. The molecule has 1 aliphatic carbocycles. The molecule has 1 rings (SSSR count). The molecule has 1 saturated carbocycles. The summed E-state index contributed by atoms with van der Waals surface area (Å²) >= 11 is 0. The van der Waals surface area contributed by atoms with Crippen LogP contribution < -0.4 is 5.32 Å². The molecule has 0 spiro atoms. The molecule has 0 aromatic carbocycles. The van der Waals surface area contributed by atoms with Gasteiger partial charge in [0.05, 0.1) is 0 Å². The lowest BCUT2D eigenvalue weighted by Crippen LogP contribution is -2.29. The molecule has 0 atom stereocenters. The van der Waals surface area contributed by atoms with Gasteiger partial charge in [-0.25, -0.2) is 0 Å². The molecule has 1 fully saturated rings. The van der Waals surface area contributed by atoms with Crippen molar-refractivity contribution in [3.05, 3.63) is 36.6 Å². The molecule has 15 heavy (non-hydrogen) atoms. The van der Waals surface area contributed by atoms with Crippen LogP contribution in [-0.2, 0) is 0 Å². The molecule has 0 aromatic rings. The average Bonchev–Trinajstić information content (AvgIpc) is 2.18. The van der Waals surface area contributed by atoms with Gasteiger partial charge >= 0.3 is 0 Å². The van der Waals surface area contributed by atoms with Crippen LogP contribution in [0.25, 0.3) is 0 Å². The highest BCUT2D eigenvalue weighted by atomic mass is 14.9. The SMILES string of the molecule is C=C(C)/C=C\CC(=C)NC1CCCCC1. The van der Waals surface area contributed by atoms with Gasteiger partial charge in [-0.3, -0.25) is 0 Å². The maximum Gasteiger partial charge on any atom is 0.0258 e. The van der Waals surface area contributed by atoms with Crippen LogP contribution in [0, 0.1) is 0 Å². The maximum absolute atomic E-state index is 4.05. The van der Waals surface area contributed by atoms with E-state index < -0.39 is 0 Å². The zero-order chi connectivity index (χ0) is 11.1. The smallest absolute Gasteiger partial charge is 0.0258 e. The zero-order valence-corrected chi connectivity index (χ0v) is 9.89. The summed E-state index contributed by atoms with van der Waals surface area (Å²) in [5, 5.41) is 3.52. The third kappa shape index (κ3) is 5.46. The second-order valence-corrected chi connectivity index (χ2v) is 4.54. The van der Waals surface area contributed by atoms with Gasteiger partial charge in [0.1, 0.15) is 0 Å². The van der Waals surface area contributed by atoms with E-state index in [1.165, 1.54) is 32.1 Å². The van der Waals surface area contributed by atoms with Crippen LogP contribution in [-0.4, -0.2) is 6.04 Å². The molecule has 84 valence electrons. The van der Waals surface area contributed by atoms with E-state index in [-0.39, 0.29) is 0 Å². The first kappa shape index (κ1) is 12.1. The van der Waals surface area contributed by atoms with Gasteiger partial charge in [-0.05, 0) is 19.8 Å². The highest BCUT2D eigenvalue weighted by molar-refractivity contribution is 5.13. The molecule has 1 N–H and O–H groups in total. The average molecular weight is 205 g/mol. The summed E-state index contributed by atoms with van der Waals surface area (Å²) in [6.07, 6.45) is 11.9. The van der Waals surface area contributed by atoms with Crippen LogP contribution in [0.4, 0.5) is 0 Å². The van der Waals surface area contributed by atoms with Crippen LogP contribution >= 0.6 is 0 Å². The summed E-state index contributed by atoms with van der Waals surface area (Å²) in [7, 11) is 0. The van der Waals surface area contributed by atoms with Crippen molar-refractivity contribution in [3.63, 3.8) is 0 Å². The fourth-order valence-electron chi connectivity index (χ4n) is 2.00. The molecule has 0 aliphatic heterocycles. The van der Waals surface area contributed by atoms with Gasteiger partial charge in [0.15, 0.2) is 0 Å². The van der Waals surface area contributed by atoms with E-state index in [4.69, 9.17) is 0 Å². The second kappa shape index (κ2) is 6.49. The Kier molecular flexibility index (Phi) is 5.23. The van der Waals surface area contributed by atoms with Crippen LogP contribution in [0.2, 0.25) is 0 Å². The first-order chi connectivity index (χ1) is 7.18. The summed E-state index contributed by atoms with van der Waals surface area (Å²) in [4.78, 5) is 0. The summed E-state index contributed by atoms with van der Waals surface area (Å²) in [5.41, 5.74) is 2.24. The van der Waals surface area contributed by atoms with Crippen molar-refractivity contribution in [1.29, 1.82) is 0 Å². The molecule has 0 bridgehead atoms. The highest BCUT2D eigenvalue weighted by Gasteiger charge is 2.12. The summed E-state index contributed by atoms with van der Waals surface area (Å²) in [6.45, 7) is 9.89. The first-order valence-corrected chi connectivity index (χ1v) is 5.95. The van der Waals surface area contributed by atoms with Crippen LogP contribution in [0.15, 0.2) is 36.6 Å². The summed E-state index contributed by atoms with van der Waals surface area (Å²) < 4.78 is 0. The Morgan fingerprint density at radius 2 is 1.93 bits per heavy atom. The quantitative estimate of drug-likeness (QED) is 0.670. The lowest BCUT2D eigenvalue weighted by atomic mass is 9.95. The predicted molar refractivity (Wildman–Crippen MR) is 67.7 cm³/mol. The van der Waals surface area contributed by atoms with E-state index in [2.05, 4.69) is 24.6 Å². The Morgan fingerprint density at radius 3 is 2.53 bits per heavy atom. The van der Waals surface area contributed by atoms with Crippen LogP contribution in [0.3, 0.4) is 0 Å². The van der Waals surface area contributed by atoms with E-state index in [9.17, 15) is 0 Å². The number of nitrogens with one attached hydrogen (secondary N) is 1. The standard InChI is InChI=1S/C14H23N/c1-12(2)8-7-9-13(3)15-14-10-5-4-6-11-14/h7-8,14-15H,1,3-6,9-11H2,2H3/b8-7-. The molecular weight excluding hydrogens is 182 g/mol. The van der Waals surface area contributed by atoms with Crippen LogP contribution in [0.5, 0.6) is 0 Å². The van der Waals surface area contributed by atoms with Crippen molar-refractivity contribution in [1.82, 2.24) is 5.32 Å². The lowest BCUT2D eigenvalue weighted by Gasteiger charge is -2.24. The molecule has 0 amide bonds. The summed E-state index contributed by atoms with van der Waals surface area (Å²) in [6, 6.07) is 0.671. The van der Waals surface area contributed by atoms with Crippen molar-refractivity contribution in [3.8, 4) is 0 Å². The van der Waals surface area contributed by atoms with Gasteiger partial charge in [0.2, 0.25) is 0 Å². The van der Waals surface area contributed by atoms with E-state index in [1.54, 1.807) is 0 Å². The molecule has 0 saturated heterocycles. The Balaban J connectivity index is 2.20. The van der Waals surface area contributed by atoms with Gasteiger partial charge in [0, 0.05) is 18.2 Å². The molecule has 1 nitrogen and oxygen atoms in total. The monoisotopic (exact) mass is 205 g/mol. The fourth-order valence-corrected chi connectivity index (χ4v) is 2.00. The minimum Gasteiger partial charge on any atom is -0.386 e. The van der Waals surface area contributed by atoms with E-state index in [0.29, 0.717) is 6.04 Å². The minimum absolute atomic E-state index is 0.671. The molecule has 0 unspecified atom stereocenters. The third-order valence-electron chi connectivity index (χ3n) is 2.78. The number of allylic oxidation sites excluding steroid dienone is 3. The zero-order valence-electron chi connectivity index (χ0n) is 9.89. The van der Waals surface area contributed by atoms with Gasteiger partial charge in [-0.1, -0.05) is 50.1 Å². The molecular formula is C14H23N. The topological polar surface area (TPSA) is 12.0 Å². The van der Waals surface area contributed by atoms with E-state index in [1.807, 2.05) is 13.0 Å². The van der Waals surface area contributed by atoms with Crippen LogP contribution in [0.1, 0.15) is 45.4 Å². The van der Waals surface area contributed by atoms with Gasteiger partial charge in [-0.2, -0.15) is 0 Å². The van der Waals surface area contributed by atoms with Crippen molar-refractivity contribution < 1.29 is 0 Å². The molecule has 0 radical (unpaired) electrons. The Hall–Kier alpha value is -0.980. The normalized spacial score (nSPS) is 17.9. The van der Waals surface area contributed by atoms with Crippen molar-refractivity contribution in [2.75, 3.05) is 0 Å². The minimum atomic E-state index is 0.671. The Bertz CT molecular complexity index is 244.